The molecule has 154 valence electrons. The van der Waals surface area contributed by atoms with Gasteiger partial charge in [0.2, 0.25) is 0 Å². The summed E-state index contributed by atoms with van der Waals surface area (Å²) in [6, 6.07) is 0. The SMILES string of the molecule is CN=C(NCCCOC1CCOCC1)NCC1(CC(C)C)CCCC1.I. The van der Waals surface area contributed by atoms with Crippen molar-refractivity contribution in [3.63, 3.8) is 0 Å². The Morgan fingerprint density at radius 1 is 1.19 bits per heavy atom. The fourth-order valence-corrected chi connectivity index (χ4v) is 4.31. The van der Waals surface area contributed by atoms with E-state index >= 15 is 0 Å². The molecule has 2 fully saturated rings. The zero-order chi connectivity index (χ0) is 18.0. The second kappa shape index (κ2) is 13.2. The highest BCUT2D eigenvalue weighted by molar-refractivity contribution is 14.0. The van der Waals surface area contributed by atoms with Crippen molar-refractivity contribution in [2.24, 2.45) is 16.3 Å². The number of ether oxygens (including phenoxy) is 2. The van der Waals surface area contributed by atoms with Gasteiger partial charge in [-0.1, -0.05) is 26.7 Å². The molecule has 1 aliphatic heterocycles. The van der Waals surface area contributed by atoms with Crippen LogP contribution in [0.4, 0.5) is 0 Å². The van der Waals surface area contributed by atoms with E-state index in [-0.39, 0.29) is 24.0 Å². The van der Waals surface area contributed by atoms with Crippen molar-refractivity contribution in [2.75, 3.05) is 40.0 Å². The van der Waals surface area contributed by atoms with Gasteiger partial charge in [0, 0.05) is 40.0 Å². The van der Waals surface area contributed by atoms with E-state index in [0.29, 0.717) is 11.5 Å². The van der Waals surface area contributed by atoms with Crippen LogP contribution < -0.4 is 10.6 Å². The number of aliphatic imine (C=N–C) groups is 1. The van der Waals surface area contributed by atoms with Crippen LogP contribution in [0.15, 0.2) is 4.99 Å². The summed E-state index contributed by atoms with van der Waals surface area (Å²) >= 11 is 0. The highest BCUT2D eigenvalue weighted by Gasteiger charge is 2.34. The Hall–Kier alpha value is -0.0800. The third-order valence-corrected chi connectivity index (χ3v) is 5.50. The van der Waals surface area contributed by atoms with Crippen LogP contribution >= 0.6 is 24.0 Å². The van der Waals surface area contributed by atoms with Crippen molar-refractivity contribution in [1.29, 1.82) is 0 Å². The molecule has 0 atom stereocenters. The lowest BCUT2D eigenvalue weighted by molar-refractivity contribution is -0.0320. The lowest BCUT2D eigenvalue weighted by Crippen LogP contribution is -2.43. The molecule has 1 heterocycles. The minimum atomic E-state index is 0. The Morgan fingerprint density at radius 2 is 1.88 bits per heavy atom. The highest BCUT2D eigenvalue weighted by atomic mass is 127. The predicted molar refractivity (Wildman–Crippen MR) is 120 cm³/mol. The first-order valence-corrected chi connectivity index (χ1v) is 10.3. The number of hydrogen-bond acceptors (Lipinski definition) is 3. The normalized spacial score (nSPS) is 20.8. The van der Waals surface area contributed by atoms with Crippen LogP contribution in [-0.4, -0.2) is 52.0 Å². The second-order valence-electron chi connectivity index (χ2n) is 8.19. The van der Waals surface area contributed by atoms with E-state index in [2.05, 4.69) is 29.5 Å². The first-order valence-electron chi connectivity index (χ1n) is 10.3. The third kappa shape index (κ3) is 8.74. The van der Waals surface area contributed by atoms with E-state index in [4.69, 9.17) is 9.47 Å². The molecule has 1 saturated carbocycles. The van der Waals surface area contributed by atoms with Crippen LogP contribution in [0.2, 0.25) is 0 Å². The summed E-state index contributed by atoms with van der Waals surface area (Å²) in [6.07, 6.45) is 10.3. The first-order chi connectivity index (χ1) is 12.1. The molecule has 2 rings (SSSR count). The van der Waals surface area contributed by atoms with Gasteiger partial charge in [-0.25, -0.2) is 0 Å². The molecule has 6 heteroatoms. The van der Waals surface area contributed by atoms with Gasteiger partial charge in [0.05, 0.1) is 6.10 Å². The van der Waals surface area contributed by atoms with Crippen LogP contribution in [-0.2, 0) is 9.47 Å². The maximum Gasteiger partial charge on any atom is 0.190 e. The van der Waals surface area contributed by atoms with E-state index in [1.54, 1.807) is 0 Å². The molecule has 0 radical (unpaired) electrons. The van der Waals surface area contributed by atoms with Crippen LogP contribution in [0, 0.1) is 11.3 Å². The van der Waals surface area contributed by atoms with Crippen molar-refractivity contribution < 1.29 is 9.47 Å². The average Bonchev–Trinajstić information content (AvgIpc) is 3.06. The van der Waals surface area contributed by atoms with Gasteiger partial charge in [0.1, 0.15) is 0 Å². The monoisotopic (exact) mass is 481 g/mol. The van der Waals surface area contributed by atoms with Crippen molar-refractivity contribution in [3.8, 4) is 0 Å². The van der Waals surface area contributed by atoms with Crippen molar-refractivity contribution >= 4 is 29.9 Å². The molecule has 2 aliphatic rings. The summed E-state index contributed by atoms with van der Waals surface area (Å²) in [5.74, 6) is 1.69. The Labute approximate surface area is 177 Å². The fraction of sp³-hybridized carbons (Fsp3) is 0.950. The van der Waals surface area contributed by atoms with E-state index in [1.165, 1.54) is 32.1 Å². The summed E-state index contributed by atoms with van der Waals surface area (Å²) in [7, 11) is 1.86. The lowest BCUT2D eigenvalue weighted by atomic mass is 9.78. The molecule has 0 amide bonds. The molecule has 5 nitrogen and oxygen atoms in total. The molecule has 0 aromatic carbocycles. The minimum absolute atomic E-state index is 0. The van der Waals surface area contributed by atoms with Crippen molar-refractivity contribution in [2.45, 2.75) is 71.3 Å². The highest BCUT2D eigenvalue weighted by Crippen LogP contribution is 2.42. The average molecular weight is 481 g/mol. The molecule has 0 aromatic rings. The molecule has 0 bridgehead atoms. The summed E-state index contributed by atoms with van der Waals surface area (Å²) in [6.45, 7) is 9.13. The Morgan fingerprint density at radius 3 is 2.50 bits per heavy atom. The molecule has 1 saturated heterocycles. The van der Waals surface area contributed by atoms with Gasteiger partial charge in [-0.05, 0) is 49.9 Å². The molecule has 2 N–H and O–H groups in total. The van der Waals surface area contributed by atoms with Gasteiger partial charge in [-0.2, -0.15) is 0 Å². The Kier molecular flexibility index (Phi) is 12.1. The zero-order valence-electron chi connectivity index (χ0n) is 17.0. The third-order valence-electron chi connectivity index (χ3n) is 5.50. The second-order valence-corrected chi connectivity index (χ2v) is 8.19. The van der Waals surface area contributed by atoms with Gasteiger partial charge in [0.15, 0.2) is 5.96 Å². The molecular weight excluding hydrogens is 441 g/mol. The van der Waals surface area contributed by atoms with Gasteiger partial charge in [0.25, 0.3) is 0 Å². The largest absolute Gasteiger partial charge is 0.381 e. The van der Waals surface area contributed by atoms with Gasteiger partial charge < -0.3 is 20.1 Å². The number of halogens is 1. The van der Waals surface area contributed by atoms with Crippen LogP contribution in [0.1, 0.15) is 65.2 Å². The summed E-state index contributed by atoms with van der Waals surface area (Å²) in [5.41, 5.74) is 0.470. The predicted octanol–water partition coefficient (Wildman–Crippen LogP) is 3.96. The van der Waals surface area contributed by atoms with Crippen LogP contribution in [0.3, 0.4) is 0 Å². The van der Waals surface area contributed by atoms with E-state index < -0.39 is 0 Å². The lowest BCUT2D eigenvalue weighted by Gasteiger charge is -2.32. The molecule has 0 unspecified atom stereocenters. The number of guanidine groups is 1. The van der Waals surface area contributed by atoms with Crippen molar-refractivity contribution in [1.82, 2.24) is 10.6 Å². The standard InChI is InChI=1S/C20H39N3O2.HI/c1-17(2)15-20(9-4-5-10-20)16-23-19(21-3)22-11-6-12-25-18-7-13-24-14-8-18;/h17-18H,4-16H2,1-3H3,(H2,21,22,23);1H. The molecular formula is C20H40IN3O2. The molecule has 0 aromatic heterocycles. The Bertz CT molecular complexity index is 393. The Balaban J connectivity index is 0.00000338. The van der Waals surface area contributed by atoms with Crippen LogP contribution in [0.25, 0.3) is 0 Å². The van der Waals surface area contributed by atoms with Gasteiger partial charge in [-0.15, -0.1) is 24.0 Å². The summed E-state index contributed by atoms with van der Waals surface area (Å²) in [4.78, 5) is 4.38. The number of nitrogens with one attached hydrogen (secondary N) is 2. The van der Waals surface area contributed by atoms with Gasteiger partial charge in [-0.3, -0.25) is 4.99 Å². The van der Waals surface area contributed by atoms with E-state index in [9.17, 15) is 0 Å². The quantitative estimate of drug-likeness (QED) is 0.227. The molecule has 1 aliphatic carbocycles. The van der Waals surface area contributed by atoms with E-state index in [1.807, 2.05) is 7.05 Å². The first kappa shape index (κ1) is 24.0. The zero-order valence-corrected chi connectivity index (χ0v) is 19.3. The smallest absolute Gasteiger partial charge is 0.190 e. The molecule has 26 heavy (non-hydrogen) atoms. The number of nitrogens with zero attached hydrogens (tertiary/aromatic N) is 1. The number of rotatable bonds is 9. The molecule has 0 spiro atoms. The summed E-state index contributed by atoms with van der Waals surface area (Å²) < 4.78 is 11.3. The fourth-order valence-electron chi connectivity index (χ4n) is 4.31. The van der Waals surface area contributed by atoms with Crippen molar-refractivity contribution in [3.05, 3.63) is 0 Å². The van der Waals surface area contributed by atoms with Crippen LogP contribution in [0.5, 0.6) is 0 Å². The topological polar surface area (TPSA) is 54.9 Å². The maximum absolute atomic E-state index is 5.92. The summed E-state index contributed by atoms with van der Waals surface area (Å²) in [5, 5.41) is 7.02. The maximum atomic E-state index is 5.92. The number of hydrogen-bond donors (Lipinski definition) is 2. The van der Waals surface area contributed by atoms with E-state index in [0.717, 1.165) is 64.1 Å². The van der Waals surface area contributed by atoms with Gasteiger partial charge >= 0.3 is 0 Å². The minimum Gasteiger partial charge on any atom is -0.381 e.